The Hall–Kier alpha value is -3.30. The van der Waals surface area contributed by atoms with Gasteiger partial charge in [0, 0.05) is 11.1 Å². The highest BCUT2D eigenvalue weighted by atomic mass is 31.1. The summed E-state index contributed by atoms with van der Waals surface area (Å²) in [4.78, 5) is 27.5. The molecule has 1 aromatic heterocycles. The summed E-state index contributed by atoms with van der Waals surface area (Å²) < 4.78 is 26.0. The van der Waals surface area contributed by atoms with Crippen molar-refractivity contribution in [1.82, 2.24) is 4.98 Å². The van der Waals surface area contributed by atoms with Gasteiger partial charge in [0.2, 0.25) is 13.2 Å². The van der Waals surface area contributed by atoms with E-state index in [0.717, 1.165) is 17.7 Å². The van der Waals surface area contributed by atoms with Crippen molar-refractivity contribution in [2.75, 3.05) is 0 Å². The molecule has 0 amide bonds. The molecule has 3 N–H and O–H groups in total. The van der Waals surface area contributed by atoms with Crippen molar-refractivity contribution in [3.05, 3.63) is 89.9 Å². The highest BCUT2D eigenvalue weighted by Gasteiger charge is 2.61. The van der Waals surface area contributed by atoms with E-state index in [1.807, 2.05) is 18.2 Å². The largest absolute Gasteiger partial charge is 0.480 e. The van der Waals surface area contributed by atoms with Crippen LogP contribution in [0.1, 0.15) is 31.5 Å². The molecule has 1 heterocycles. The first kappa shape index (κ1) is 25.3. The molecule has 0 aliphatic rings. The molecule has 0 saturated heterocycles. The minimum Gasteiger partial charge on any atom is -0.480 e. The van der Waals surface area contributed by atoms with Gasteiger partial charge in [-0.1, -0.05) is 62.1 Å². The Kier molecular flexibility index (Phi) is 7.68. The molecule has 3 rings (SSSR count). The summed E-state index contributed by atoms with van der Waals surface area (Å²) >= 11 is 0. The van der Waals surface area contributed by atoms with Crippen molar-refractivity contribution in [2.24, 2.45) is 5.92 Å². The second-order valence-electron chi connectivity index (χ2n) is 8.35. The number of carboxylic acids is 1. The van der Waals surface area contributed by atoms with E-state index in [1.165, 1.54) is 18.2 Å². The third-order valence-electron chi connectivity index (χ3n) is 5.45. The van der Waals surface area contributed by atoms with Crippen LogP contribution in [0, 0.1) is 23.6 Å². The van der Waals surface area contributed by atoms with Gasteiger partial charge in [0.1, 0.15) is 11.4 Å². The second kappa shape index (κ2) is 10.3. The zero-order chi connectivity index (χ0) is 24.9. The number of hydrogen-bond donors (Lipinski definition) is 3. The van der Waals surface area contributed by atoms with Crippen molar-refractivity contribution in [2.45, 2.75) is 31.0 Å². The summed E-state index contributed by atoms with van der Waals surface area (Å²) in [6.45, 7) is 3.50. The Morgan fingerprint density at radius 2 is 1.71 bits per heavy atom. The van der Waals surface area contributed by atoms with E-state index in [-0.39, 0.29) is 23.6 Å². The van der Waals surface area contributed by atoms with Crippen LogP contribution < -0.4 is 0 Å². The number of rotatable bonds is 7. The molecule has 0 aliphatic heterocycles. The zero-order valence-corrected chi connectivity index (χ0v) is 19.7. The van der Waals surface area contributed by atoms with Crippen LogP contribution in [0.25, 0.3) is 11.3 Å². The van der Waals surface area contributed by atoms with Gasteiger partial charge in [-0.05, 0) is 48.7 Å². The highest BCUT2D eigenvalue weighted by molar-refractivity contribution is 7.42. The van der Waals surface area contributed by atoms with Crippen LogP contribution in [-0.4, -0.2) is 31.2 Å². The van der Waals surface area contributed by atoms with E-state index in [4.69, 9.17) is 0 Å². The lowest BCUT2D eigenvalue weighted by Gasteiger charge is -2.40. The van der Waals surface area contributed by atoms with Gasteiger partial charge in [-0.15, -0.1) is 0 Å². The van der Waals surface area contributed by atoms with Crippen LogP contribution in [-0.2, 0) is 15.0 Å². The Balaban J connectivity index is 2.27. The Labute approximate surface area is 198 Å². The number of pyridine rings is 1. The molecular weight excluding hydrogens is 456 g/mol. The fourth-order valence-corrected chi connectivity index (χ4v) is 4.77. The van der Waals surface area contributed by atoms with Crippen molar-refractivity contribution in [1.29, 1.82) is 0 Å². The van der Waals surface area contributed by atoms with Gasteiger partial charge in [0.05, 0.1) is 11.4 Å². The molecule has 176 valence electrons. The summed E-state index contributed by atoms with van der Waals surface area (Å²) in [5.41, 5.74) is -1.07. The molecule has 3 atom stereocenters. The molecule has 6 nitrogen and oxygen atoms in total. The minimum absolute atomic E-state index is 0.0780. The molecule has 34 heavy (non-hydrogen) atoms. The van der Waals surface area contributed by atoms with Crippen molar-refractivity contribution >= 4 is 14.0 Å². The lowest BCUT2D eigenvalue weighted by atomic mass is 9.77. The van der Waals surface area contributed by atoms with E-state index in [9.17, 15) is 28.9 Å². The van der Waals surface area contributed by atoms with Gasteiger partial charge in [0.15, 0.2) is 0 Å². The predicted molar refractivity (Wildman–Crippen MR) is 128 cm³/mol. The molecular formula is C26H25FNO5P. The lowest BCUT2D eigenvalue weighted by Crippen LogP contribution is -2.55. The molecule has 3 aromatic rings. The maximum atomic E-state index is 13.3. The van der Waals surface area contributed by atoms with Crippen LogP contribution >= 0.6 is 8.03 Å². The Morgan fingerprint density at radius 3 is 2.26 bits per heavy atom. The summed E-state index contributed by atoms with van der Waals surface area (Å²) in [6.07, 6.45) is -0.195. The van der Waals surface area contributed by atoms with Crippen LogP contribution in [0.15, 0.2) is 72.8 Å². The topological polar surface area (TPSA) is 108 Å². The molecule has 2 aromatic carbocycles. The smallest absolute Gasteiger partial charge is 0.335 e. The van der Waals surface area contributed by atoms with Gasteiger partial charge in [-0.3, -0.25) is 4.57 Å². The molecule has 0 radical (unpaired) electrons. The van der Waals surface area contributed by atoms with Crippen LogP contribution in [0.3, 0.4) is 0 Å². The van der Waals surface area contributed by atoms with Crippen molar-refractivity contribution in [3.8, 4) is 23.1 Å². The number of carbonyl (C=O) groups is 1. The molecule has 0 bridgehead atoms. The minimum atomic E-state index is -4.02. The van der Waals surface area contributed by atoms with Crippen LogP contribution in [0.4, 0.5) is 4.39 Å². The quantitative estimate of drug-likeness (QED) is 0.340. The van der Waals surface area contributed by atoms with Gasteiger partial charge < -0.3 is 15.1 Å². The Morgan fingerprint density at radius 1 is 1.06 bits per heavy atom. The molecule has 0 fully saturated rings. The van der Waals surface area contributed by atoms with E-state index in [1.54, 1.807) is 38.1 Å². The molecule has 8 heteroatoms. The maximum absolute atomic E-state index is 13.3. The number of halogens is 1. The second-order valence-corrected chi connectivity index (χ2v) is 9.71. The van der Waals surface area contributed by atoms with Crippen molar-refractivity contribution < 1.29 is 28.9 Å². The number of aromatic nitrogens is 1. The molecule has 0 spiro atoms. The van der Waals surface area contributed by atoms with Gasteiger partial charge in [0.25, 0.3) is 0 Å². The summed E-state index contributed by atoms with van der Waals surface area (Å²) in [5.74, 6) is 2.41. The first-order chi connectivity index (χ1) is 16.1. The van der Waals surface area contributed by atoms with Crippen molar-refractivity contribution in [3.63, 3.8) is 0 Å². The average molecular weight is 481 g/mol. The van der Waals surface area contributed by atoms with E-state index >= 15 is 0 Å². The number of aliphatic carboxylic acids is 1. The average Bonchev–Trinajstić information content (AvgIpc) is 2.80. The number of benzene rings is 2. The number of aliphatic hydroxyl groups is 1. The van der Waals surface area contributed by atoms with E-state index in [0.29, 0.717) is 5.69 Å². The molecule has 0 saturated carbocycles. The number of nitrogens with zero attached hydrogens (tertiary/aromatic N) is 1. The molecule has 0 aliphatic carbocycles. The first-order valence-corrected chi connectivity index (χ1v) is 12.0. The maximum Gasteiger partial charge on any atom is 0.335 e. The van der Waals surface area contributed by atoms with Gasteiger partial charge in [-0.2, -0.15) is 0 Å². The van der Waals surface area contributed by atoms with E-state index < -0.39 is 30.6 Å². The number of carboxylic acid groups (broad SMARTS) is 1. The fourth-order valence-electron chi connectivity index (χ4n) is 3.83. The zero-order valence-electron chi connectivity index (χ0n) is 18.7. The summed E-state index contributed by atoms with van der Waals surface area (Å²) in [6, 6.07) is 18.7. The predicted octanol–water partition coefficient (Wildman–Crippen LogP) is 4.46. The lowest BCUT2D eigenvalue weighted by molar-refractivity contribution is -0.147. The monoisotopic (exact) mass is 481 g/mol. The SMILES string of the molecule is CC(C)CC(O)(c1cccc(-c2ccccc2)n1)C(C#Cc1ccc(F)cc1)(C(=O)O)[PH](=O)O. The van der Waals surface area contributed by atoms with Gasteiger partial charge in [-0.25, -0.2) is 14.2 Å². The third kappa shape index (κ3) is 4.95. The fraction of sp³-hybridized carbons (Fsp3) is 0.231. The molecule has 3 unspecified atom stereocenters. The third-order valence-corrected chi connectivity index (χ3v) is 6.84. The standard InChI is InChI=1S/C26H25FNO5P/c1-18(2)17-25(31,23-10-6-9-22(28-23)20-7-4-3-5-8-20)26(24(29)30,34(32)33)16-15-19-11-13-21(27)14-12-19/h3-14,18,31,34H,17H2,1-2H3,(H,29,30)(H,32,33). The number of hydrogen-bond acceptors (Lipinski definition) is 4. The first-order valence-electron chi connectivity index (χ1n) is 10.6. The summed E-state index contributed by atoms with van der Waals surface area (Å²) in [7, 11) is -4.02. The van der Waals surface area contributed by atoms with E-state index in [2.05, 4.69) is 16.8 Å². The summed E-state index contributed by atoms with van der Waals surface area (Å²) in [5, 5.41) is 19.4. The normalized spacial score (nSPS) is 15.5. The van der Waals surface area contributed by atoms with Crippen LogP contribution in [0.2, 0.25) is 0 Å². The van der Waals surface area contributed by atoms with Gasteiger partial charge >= 0.3 is 5.97 Å². The highest BCUT2D eigenvalue weighted by Crippen LogP contribution is 2.51. The van der Waals surface area contributed by atoms with Crippen LogP contribution in [0.5, 0.6) is 0 Å². The Bertz CT molecular complexity index is 1240.